The van der Waals surface area contributed by atoms with Gasteiger partial charge in [-0.25, -0.2) is 0 Å². The molecule has 0 saturated carbocycles. The van der Waals surface area contributed by atoms with Crippen molar-refractivity contribution in [3.63, 3.8) is 0 Å². The minimum atomic E-state index is -0.393. The molecule has 0 radical (unpaired) electrons. The number of amides is 1. The molecule has 6 nitrogen and oxygen atoms in total. The van der Waals surface area contributed by atoms with Crippen molar-refractivity contribution in [2.24, 2.45) is 7.05 Å². The molecule has 6 heteroatoms. The van der Waals surface area contributed by atoms with Gasteiger partial charge < -0.3 is 10.2 Å². The van der Waals surface area contributed by atoms with Crippen molar-refractivity contribution in [1.29, 1.82) is 0 Å². The lowest BCUT2D eigenvalue weighted by atomic mass is 10.1. The molecular weight excluding hydrogens is 304 g/mol. The summed E-state index contributed by atoms with van der Waals surface area (Å²) < 4.78 is 1.59. The number of rotatable bonds is 4. The predicted octanol–water partition coefficient (Wildman–Crippen LogP) is 1.46. The summed E-state index contributed by atoms with van der Waals surface area (Å²) in [5.41, 5.74) is 1.38. The van der Waals surface area contributed by atoms with Gasteiger partial charge in [0.05, 0.1) is 10.9 Å². The molecule has 1 saturated heterocycles. The summed E-state index contributed by atoms with van der Waals surface area (Å²) in [6.07, 6.45) is 3.74. The Bertz CT molecular complexity index is 807. The molecule has 2 aromatic rings. The van der Waals surface area contributed by atoms with Gasteiger partial charge in [-0.2, -0.15) is 5.10 Å². The van der Waals surface area contributed by atoms with Crippen molar-refractivity contribution in [3.05, 3.63) is 39.7 Å². The fourth-order valence-electron chi connectivity index (χ4n) is 3.23. The van der Waals surface area contributed by atoms with E-state index < -0.39 is 5.91 Å². The molecule has 0 aliphatic carbocycles. The van der Waals surface area contributed by atoms with E-state index in [1.54, 1.807) is 11.7 Å². The lowest BCUT2D eigenvalue weighted by Gasteiger charge is -2.26. The number of nitrogens with zero attached hydrogens (tertiary/aromatic N) is 3. The monoisotopic (exact) mass is 328 g/mol. The number of aryl methyl sites for hydroxylation is 2. The lowest BCUT2D eigenvalue weighted by Crippen LogP contribution is -2.39. The topological polar surface area (TPSA) is 67.2 Å². The molecule has 1 aromatic carbocycles. The highest BCUT2D eigenvalue weighted by Crippen LogP contribution is 2.11. The summed E-state index contributed by atoms with van der Waals surface area (Å²) in [5, 5.41) is 7.55. The van der Waals surface area contributed by atoms with E-state index in [0.717, 1.165) is 30.7 Å². The first-order valence-electron chi connectivity index (χ1n) is 8.54. The summed E-state index contributed by atoms with van der Waals surface area (Å²) in [6, 6.07) is 5.60. The summed E-state index contributed by atoms with van der Waals surface area (Å²) in [4.78, 5) is 27.3. The minimum Gasteiger partial charge on any atom is -0.349 e. The zero-order chi connectivity index (χ0) is 17.1. The molecular formula is C18H24N4O2. The van der Waals surface area contributed by atoms with Crippen LogP contribution in [0, 0.1) is 6.92 Å². The highest BCUT2D eigenvalue weighted by atomic mass is 16.2. The molecule has 1 aliphatic heterocycles. The van der Waals surface area contributed by atoms with Gasteiger partial charge in [-0.05, 0) is 45.0 Å². The van der Waals surface area contributed by atoms with E-state index in [0.29, 0.717) is 11.9 Å². The molecule has 24 heavy (non-hydrogen) atoms. The Hall–Kier alpha value is -2.21. The number of carbonyl (C=O) groups is 1. The largest absolute Gasteiger partial charge is 0.349 e. The second kappa shape index (κ2) is 7.13. The van der Waals surface area contributed by atoms with Crippen molar-refractivity contribution in [1.82, 2.24) is 20.0 Å². The molecule has 0 atom stereocenters. The Morgan fingerprint density at radius 1 is 1.25 bits per heavy atom. The standard InChI is InChI=1S/C18H24N4O2/c1-13-6-7-15-14(12-13)17(23)16(20-21(15)2)18(24)19-8-11-22-9-4-3-5-10-22/h6-7,12H,3-5,8-11H2,1-2H3,(H,19,24). The normalized spacial score (nSPS) is 15.6. The Morgan fingerprint density at radius 2 is 2.00 bits per heavy atom. The maximum Gasteiger partial charge on any atom is 0.275 e. The Kier molecular flexibility index (Phi) is 4.94. The molecule has 1 N–H and O–H groups in total. The van der Waals surface area contributed by atoms with E-state index in [1.807, 2.05) is 25.1 Å². The van der Waals surface area contributed by atoms with Crippen molar-refractivity contribution in [3.8, 4) is 0 Å². The third-order valence-electron chi connectivity index (χ3n) is 4.59. The van der Waals surface area contributed by atoms with E-state index >= 15 is 0 Å². The fourth-order valence-corrected chi connectivity index (χ4v) is 3.23. The molecule has 128 valence electrons. The van der Waals surface area contributed by atoms with Gasteiger partial charge in [0.2, 0.25) is 5.43 Å². The smallest absolute Gasteiger partial charge is 0.275 e. The van der Waals surface area contributed by atoms with Crippen LogP contribution in [0.5, 0.6) is 0 Å². The van der Waals surface area contributed by atoms with Gasteiger partial charge in [-0.1, -0.05) is 18.1 Å². The van der Waals surface area contributed by atoms with Crippen molar-refractivity contribution >= 4 is 16.8 Å². The van der Waals surface area contributed by atoms with Crippen LogP contribution in [0.2, 0.25) is 0 Å². The molecule has 0 bridgehead atoms. The Labute approximate surface area is 141 Å². The molecule has 0 unspecified atom stereocenters. The number of piperidine rings is 1. The predicted molar refractivity (Wildman–Crippen MR) is 94.3 cm³/mol. The van der Waals surface area contributed by atoms with Crippen LogP contribution in [0.4, 0.5) is 0 Å². The number of hydrogen-bond acceptors (Lipinski definition) is 4. The number of likely N-dealkylation sites (tertiary alicyclic amines) is 1. The van der Waals surface area contributed by atoms with E-state index in [9.17, 15) is 9.59 Å². The van der Waals surface area contributed by atoms with Crippen molar-refractivity contribution in [2.75, 3.05) is 26.2 Å². The van der Waals surface area contributed by atoms with Crippen molar-refractivity contribution < 1.29 is 4.79 Å². The average Bonchev–Trinajstić information content (AvgIpc) is 2.58. The third-order valence-corrected chi connectivity index (χ3v) is 4.59. The second-order valence-electron chi connectivity index (χ2n) is 6.48. The molecule has 3 rings (SSSR count). The van der Waals surface area contributed by atoms with Crippen molar-refractivity contribution in [2.45, 2.75) is 26.2 Å². The first kappa shape index (κ1) is 16.6. The van der Waals surface area contributed by atoms with Crippen LogP contribution < -0.4 is 10.7 Å². The lowest BCUT2D eigenvalue weighted by molar-refractivity contribution is 0.0938. The van der Waals surface area contributed by atoms with Gasteiger partial charge in [0.15, 0.2) is 5.69 Å². The highest BCUT2D eigenvalue weighted by molar-refractivity contribution is 5.95. The van der Waals surface area contributed by atoms with Crippen LogP contribution in [-0.2, 0) is 7.05 Å². The van der Waals surface area contributed by atoms with Crippen LogP contribution in [0.1, 0.15) is 35.3 Å². The quantitative estimate of drug-likeness (QED) is 0.923. The number of benzene rings is 1. The minimum absolute atomic E-state index is 0.0331. The number of nitrogens with one attached hydrogen (secondary N) is 1. The maximum atomic E-state index is 12.6. The van der Waals surface area contributed by atoms with Crippen LogP contribution in [0.3, 0.4) is 0 Å². The third kappa shape index (κ3) is 3.48. The van der Waals surface area contributed by atoms with Crippen LogP contribution >= 0.6 is 0 Å². The molecule has 1 aromatic heterocycles. The summed E-state index contributed by atoms with van der Waals surface area (Å²) >= 11 is 0. The van der Waals surface area contributed by atoms with E-state index in [-0.39, 0.29) is 11.1 Å². The molecule has 0 spiro atoms. The maximum absolute atomic E-state index is 12.6. The summed E-state index contributed by atoms with van der Waals surface area (Å²) in [6.45, 7) is 5.46. The van der Waals surface area contributed by atoms with Gasteiger partial charge in [-0.3, -0.25) is 14.3 Å². The van der Waals surface area contributed by atoms with Crippen LogP contribution in [0.25, 0.3) is 10.9 Å². The van der Waals surface area contributed by atoms with Gasteiger partial charge in [-0.15, -0.1) is 0 Å². The Morgan fingerprint density at radius 3 is 2.75 bits per heavy atom. The molecule has 2 heterocycles. The van der Waals surface area contributed by atoms with Gasteiger partial charge in [0, 0.05) is 20.1 Å². The van der Waals surface area contributed by atoms with Crippen LogP contribution in [-0.4, -0.2) is 46.8 Å². The zero-order valence-corrected chi connectivity index (χ0v) is 14.3. The van der Waals surface area contributed by atoms with Gasteiger partial charge >= 0.3 is 0 Å². The number of fused-ring (bicyclic) bond motifs is 1. The number of carbonyl (C=O) groups excluding carboxylic acids is 1. The first-order valence-corrected chi connectivity index (χ1v) is 8.54. The number of aromatic nitrogens is 2. The van der Waals surface area contributed by atoms with Gasteiger partial charge in [0.1, 0.15) is 0 Å². The SMILES string of the molecule is Cc1ccc2c(c1)c(=O)c(C(=O)NCCN1CCCCC1)nn2C. The van der Waals surface area contributed by atoms with E-state index in [1.165, 1.54) is 19.3 Å². The van der Waals surface area contributed by atoms with E-state index in [4.69, 9.17) is 0 Å². The molecule has 1 amide bonds. The van der Waals surface area contributed by atoms with Crippen LogP contribution in [0.15, 0.2) is 23.0 Å². The average molecular weight is 328 g/mol. The zero-order valence-electron chi connectivity index (χ0n) is 14.3. The fraction of sp³-hybridized carbons (Fsp3) is 0.500. The summed E-state index contributed by atoms with van der Waals surface area (Å²) in [7, 11) is 1.75. The summed E-state index contributed by atoms with van der Waals surface area (Å²) in [5.74, 6) is -0.393. The van der Waals surface area contributed by atoms with Gasteiger partial charge in [0.25, 0.3) is 5.91 Å². The molecule has 1 fully saturated rings. The number of hydrogen-bond donors (Lipinski definition) is 1. The van der Waals surface area contributed by atoms with E-state index in [2.05, 4.69) is 15.3 Å². The second-order valence-corrected chi connectivity index (χ2v) is 6.48. The highest BCUT2D eigenvalue weighted by Gasteiger charge is 2.17. The molecule has 1 aliphatic rings. The Balaban J connectivity index is 1.74. The first-order chi connectivity index (χ1) is 11.6.